The summed E-state index contributed by atoms with van der Waals surface area (Å²) >= 11 is 0. The molecule has 152 valence electrons. The summed E-state index contributed by atoms with van der Waals surface area (Å²) in [6, 6.07) is 9.15. The highest BCUT2D eigenvalue weighted by atomic mass is 19.1. The van der Waals surface area contributed by atoms with Crippen LogP contribution >= 0.6 is 0 Å². The van der Waals surface area contributed by atoms with Crippen molar-refractivity contribution in [3.05, 3.63) is 42.7 Å². The van der Waals surface area contributed by atoms with Crippen LogP contribution in [0.2, 0.25) is 0 Å². The molecule has 28 heavy (non-hydrogen) atoms. The lowest BCUT2D eigenvalue weighted by atomic mass is 9.96. The first-order valence-corrected chi connectivity index (χ1v) is 9.31. The topological polar surface area (TPSA) is 73.3 Å². The van der Waals surface area contributed by atoms with Crippen molar-refractivity contribution < 1.29 is 18.7 Å². The molecule has 7 heteroatoms. The number of alkyl carbamates (subject to hydrolysis) is 1. The van der Waals surface area contributed by atoms with Crippen LogP contribution in [-0.4, -0.2) is 41.5 Å². The Balaban J connectivity index is 1.91. The van der Waals surface area contributed by atoms with E-state index in [1.165, 1.54) is 0 Å². The van der Waals surface area contributed by atoms with Crippen molar-refractivity contribution in [2.75, 3.05) is 19.8 Å². The minimum Gasteiger partial charge on any atom is -0.493 e. The van der Waals surface area contributed by atoms with Gasteiger partial charge in [-0.15, -0.1) is 0 Å². The van der Waals surface area contributed by atoms with Gasteiger partial charge in [-0.2, -0.15) is 0 Å². The van der Waals surface area contributed by atoms with Gasteiger partial charge in [0.25, 0.3) is 0 Å². The van der Waals surface area contributed by atoms with Gasteiger partial charge in [-0.25, -0.2) is 14.8 Å². The molecule has 0 bridgehead atoms. The molecule has 0 aliphatic rings. The van der Waals surface area contributed by atoms with E-state index in [1.54, 1.807) is 46.2 Å². The largest absolute Gasteiger partial charge is 0.493 e. The maximum Gasteiger partial charge on any atom is 0.407 e. The Morgan fingerprint density at radius 2 is 1.82 bits per heavy atom. The van der Waals surface area contributed by atoms with Gasteiger partial charge in [0.05, 0.1) is 13.3 Å². The summed E-state index contributed by atoms with van der Waals surface area (Å²) in [5.74, 6) is 0.856. The van der Waals surface area contributed by atoms with Crippen molar-refractivity contribution in [3.8, 4) is 17.1 Å². The highest BCUT2D eigenvalue weighted by Gasteiger charge is 2.21. The zero-order valence-electron chi connectivity index (χ0n) is 16.8. The molecule has 0 aliphatic heterocycles. The fraction of sp³-hybridized carbons (Fsp3) is 0.476. The predicted octanol–water partition coefficient (Wildman–Crippen LogP) is 4.27. The lowest BCUT2D eigenvalue weighted by Gasteiger charge is -2.24. The lowest BCUT2D eigenvalue weighted by molar-refractivity contribution is 0.0502. The Hall–Kier alpha value is -2.70. The van der Waals surface area contributed by atoms with Crippen LogP contribution in [0.15, 0.2) is 42.7 Å². The number of alkyl halides is 1. The molecule has 0 saturated carbocycles. The van der Waals surface area contributed by atoms with Gasteiger partial charge in [-0.3, -0.25) is 4.39 Å². The minimum atomic E-state index is -0.577. The van der Waals surface area contributed by atoms with Crippen LogP contribution in [0.3, 0.4) is 0 Å². The molecule has 2 unspecified atom stereocenters. The van der Waals surface area contributed by atoms with E-state index in [1.807, 2.05) is 24.3 Å². The molecule has 0 radical (unpaired) electrons. The van der Waals surface area contributed by atoms with Gasteiger partial charge in [0, 0.05) is 30.4 Å². The number of carbonyl (C=O) groups is 1. The lowest BCUT2D eigenvalue weighted by Crippen LogP contribution is -2.38. The molecule has 2 atom stereocenters. The second kappa shape index (κ2) is 10.0. The first kappa shape index (κ1) is 21.6. The summed E-state index contributed by atoms with van der Waals surface area (Å²) < 4.78 is 24.2. The Kier molecular flexibility index (Phi) is 7.72. The number of carbonyl (C=O) groups excluding carboxylic acids is 1. The Morgan fingerprint density at radius 1 is 1.18 bits per heavy atom. The Morgan fingerprint density at radius 3 is 2.39 bits per heavy atom. The zero-order valence-corrected chi connectivity index (χ0v) is 16.8. The molecule has 1 aromatic carbocycles. The highest BCUT2D eigenvalue weighted by Crippen LogP contribution is 2.21. The second-order valence-electron chi connectivity index (χ2n) is 7.68. The highest BCUT2D eigenvalue weighted by molar-refractivity contribution is 5.67. The average molecular weight is 389 g/mol. The summed E-state index contributed by atoms with van der Waals surface area (Å²) in [4.78, 5) is 20.3. The van der Waals surface area contributed by atoms with Crippen LogP contribution in [0.1, 0.15) is 27.7 Å². The second-order valence-corrected chi connectivity index (χ2v) is 7.68. The van der Waals surface area contributed by atoms with Crippen molar-refractivity contribution in [2.24, 2.45) is 11.8 Å². The van der Waals surface area contributed by atoms with Crippen molar-refractivity contribution >= 4 is 6.09 Å². The molecule has 2 aromatic rings. The number of nitrogens with zero attached hydrogens (tertiary/aromatic N) is 2. The van der Waals surface area contributed by atoms with Gasteiger partial charge in [0.2, 0.25) is 0 Å². The quantitative estimate of drug-likeness (QED) is 0.730. The van der Waals surface area contributed by atoms with Crippen LogP contribution in [0, 0.1) is 11.8 Å². The minimum absolute atomic E-state index is 0.186. The third kappa shape index (κ3) is 7.13. The first-order valence-electron chi connectivity index (χ1n) is 9.31. The van der Waals surface area contributed by atoms with E-state index in [0.717, 1.165) is 5.56 Å². The molecule has 0 aliphatic carbocycles. The van der Waals surface area contributed by atoms with Crippen LogP contribution in [0.4, 0.5) is 9.18 Å². The fourth-order valence-electron chi connectivity index (χ4n) is 2.43. The maximum absolute atomic E-state index is 13.2. The van der Waals surface area contributed by atoms with Crippen molar-refractivity contribution in [2.45, 2.75) is 33.3 Å². The van der Waals surface area contributed by atoms with Crippen LogP contribution in [0.5, 0.6) is 5.75 Å². The van der Waals surface area contributed by atoms with Crippen LogP contribution in [0.25, 0.3) is 11.4 Å². The van der Waals surface area contributed by atoms with Gasteiger partial charge in [0.1, 0.15) is 11.4 Å². The van der Waals surface area contributed by atoms with E-state index in [0.29, 0.717) is 11.6 Å². The van der Waals surface area contributed by atoms with E-state index in [9.17, 15) is 9.18 Å². The van der Waals surface area contributed by atoms with E-state index in [-0.39, 0.29) is 25.0 Å². The molecular formula is C21H28FN3O3. The van der Waals surface area contributed by atoms with Gasteiger partial charge in [-0.1, -0.05) is 6.92 Å². The Bertz CT molecular complexity index is 733. The fourth-order valence-corrected chi connectivity index (χ4v) is 2.43. The van der Waals surface area contributed by atoms with Gasteiger partial charge in [0.15, 0.2) is 5.82 Å². The average Bonchev–Trinajstić information content (AvgIpc) is 2.67. The van der Waals surface area contributed by atoms with Crippen molar-refractivity contribution in [1.29, 1.82) is 0 Å². The van der Waals surface area contributed by atoms with E-state index < -0.39 is 18.4 Å². The van der Waals surface area contributed by atoms with E-state index in [2.05, 4.69) is 15.3 Å². The van der Waals surface area contributed by atoms with Crippen molar-refractivity contribution in [1.82, 2.24) is 15.3 Å². The molecule has 2 rings (SSSR count). The Labute approximate surface area is 165 Å². The third-order valence-corrected chi connectivity index (χ3v) is 4.10. The smallest absolute Gasteiger partial charge is 0.407 e. The predicted molar refractivity (Wildman–Crippen MR) is 106 cm³/mol. The number of nitrogens with one attached hydrogen (secondary N) is 1. The number of amides is 1. The van der Waals surface area contributed by atoms with E-state index in [4.69, 9.17) is 9.47 Å². The number of aromatic nitrogens is 2. The van der Waals surface area contributed by atoms with Gasteiger partial charge >= 0.3 is 6.09 Å². The molecule has 1 heterocycles. The number of ether oxygens (including phenoxy) is 2. The number of benzene rings is 1. The number of rotatable bonds is 8. The third-order valence-electron chi connectivity index (χ3n) is 4.10. The monoisotopic (exact) mass is 389 g/mol. The van der Waals surface area contributed by atoms with Crippen LogP contribution in [-0.2, 0) is 4.74 Å². The molecule has 0 fully saturated rings. The summed E-state index contributed by atoms with van der Waals surface area (Å²) in [7, 11) is 0. The van der Waals surface area contributed by atoms with Gasteiger partial charge < -0.3 is 14.8 Å². The summed E-state index contributed by atoms with van der Waals surface area (Å²) in [5.41, 5.74) is 0.305. The number of hydrogen-bond acceptors (Lipinski definition) is 5. The van der Waals surface area contributed by atoms with Gasteiger partial charge in [-0.05, 0) is 57.0 Å². The molecular weight excluding hydrogens is 361 g/mol. The summed E-state index contributed by atoms with van der Waals surface area (Å²) in [5, 5.41) is 2.70. The molecule has 1 amide bonds. The van der Waals surface area contributed by atoms with Crippen LogP contribution < -0.4 is 10.1 Å². The normalized spacial score (nSPS) is 13.5. The molecule has 0 saturated heterocycles. The molecule has 0 spiro atoms. The number of halogens is 1. The maximum atomic E-state index is 13.2. The molecule has 1 aromatic heterocycles. The first-order chi connectivity index (χ1) is 13.3. The van der Waals surface area contributed by atoms with E-state index >= 15 is 0 Å². The molecule has 6 nitrogen and oxygen atoms in total. The number of hydrogen-bond donors (Lipinski definition) is 1. The summed E-state index contributed by atoms with van der Waals surface area (Å²) in [6.45, 7) is 7.23. The SMILES string of the molecule is CC(CF)C(CNC(=O)OC(C)(C)C)COc1ccc(-c2ncccn2)cc1. The zero-order chi connectivity index (χ0) is 20.6. The standard InChI is InChI=1S/C21H28FN3O3/c1-15(12-22)17(13-25-20(26)28-21(2,3)4)14-27-18-8-6-16(7-9-18)19-23-10-5-11-24-19/h5-11,15,17H,12-14H2,1-4H3,(H,25,26). The van der Waals surface area contributed by atoms with Crippen molar-refractivity contribution in [3.63, 3.8) is 0 Å². The summed E-state index contributed by atoms with van der Waals surface area (Å²) in [6.07, 6.45) is 2.86. The molecule has 1 N–H and O–H groups in total.